The summed E-state index contributed by atoms with van der Waals surface area (Å²) in [5.41, 5.74) is 2.04. The van der Waals surface area contributed by atoms with Crippen LogP contribution in [-0.2, 0) is 11.2 Å². The summed E-state index contributed by atoms with van der Waals surface area (Å²) in [6.45, 7) is -2.69. The second kappa shape index (κ2) is 12.0. The van der Waals surface area contributed by atoms with Crippen LogP contribution in [0.25, 0.3) is 0 Å². The van der Waals surface area contributed by atoms with Crippen LogP contribution in [0.4, 0.5) is 14.5 Å². The van der Waals surface area contributed by atoms with Crippen molar-refractivity contribution in [3.8, 4) is 11.5 Å². The topological polar surface area (TPSA) is 74.9 Å². The first kappa shape index (κ1) is 27.7. The van der Waals surface area contributed by atoms with Crippen LogP contribution in [0, 0.1) is 11.1 Å². The van der Waals surface area contributed by atoms with Crippen molar-refractivity contribution < 1.29 is 32.5 Å². The zero-order chi connectivity index (χ0) is 27.4. The molecular formula is C27H26Cl2F2N2O5. The fourth-order valence-corrected chi connectivity index (χ4v) is 4.35. The van der Waals surface area contributed by atoms with Crippen LogP contribution in [0.3, 0.4) is 0 Å². The highest BCUT2D eigenvalue weighted by Crippen LogP contribution is 2.38. The summed E-state index contributed by atoms with van der Waals surface area (Å²) < 4.78 is 42.8. The lowest BCUT2D eigenvalue weighted by atomic mass is 10.0. The number of alkyl halides is 2. The van der Waals surface area contributed by atoms with E-state index in [0.29, 0.717) is 33.9 Å². The van der Waals surface area contributed by atoms with Crippen molar-refractivity contribution in [1.82, 2.24) is 0 Å². The third-order valence-electron chi connectivity index (χ3n) is 6.04. The van der Waals surface area contributed by atoms with Gasteiger partial charge in [0.25, 0.3) is 0 Å². The maximum Gasteiger partial charge on any atom is 0.387 e. The van der Waals surface area contributed by atoms with Crippen LogP contribution < -0.4 is 19.1 Å². The number of nitrogens with zero attached hydrogens (tertiary/aromatic N) is 2. The Kier molecular flexibility index (Phi) is 8.79. The molecule has 0 saturated heterocycles. The van der Waals surface area contributed by atoms with Crippen molar-refractivity contribution in [3.05, 3.63) is 86.8 Å². The smallest absolute Gasteiger partial charge is 0.387 e. The highest BCUT2D eigenvalue weighted by molar-refractivity contribution is 6.35. The summed E-state index contributed by atoms with van der Waals surface area (Å²) in [6, 6.07) is 11.2. The quantitative estimate of drug-likeness (QED) is 0.156. The number of anilines is 1. The van der Waals surface area contributed by atoms with Crippen molar-refractivity contribution in [2.75, 3.05) is 25.6 Å². The molecule has 7 nitrogen and oxygen atoms in total. The molecule has 1 aliphatic rings. The predicted molar refractivity (Wildman–Crippen MR) is 139 cm³/mol. The lowest BCUT2D eigenvalue weighted by Gasteiger charge is -2.21. The first-order valence-electron chi connectivity index (χ1n) is 11.9. The number of rotatable bonds is 11. The molecule has 3 aromatic rings. The van der Waals surface area contributed by atoms with Gasteiger partial charge in [0.15, 0.2) is 23.9 Å². The molecule has 0 bridgehead atoms. The van der Waals surface area contributed by atoms with Crippen molar-refractivity contribution >= 4 is 34.9 Å². The van der Waals surface area contributed by atoms with Gasteiger partial charge in [-0.15, -0.1) is 0 Å². The normalized spacial score (nSPS) is 13.8. The van der Waals surface area contributed by atoms with E-state index in [2.05, 4.69) is 4.74 Å². The molecule has 4 rings (SSSR count). The monoisotopic (exact) mass is 566 g/mol. The number of hydrogen-bond donors (Lipinski definition) is 0. The van der Waals surface area contributed by atoms with E-state index in [1.54, 1.807) is 24.3 Å². The van der Waals surface area contributed by atoms with Crippen LogP contribution in [0.15, 0.2) is 54.9 Å². The third-order valence-corrected chi connectivity index (χ3v) is 6.69. The van der Waals surface area contributed by atoms with Gasteiger partial charge in [-0.25, -0.2) is 4.79 Å². The van der Waals surface area contributed by atoms with E-state index in [9.17, 15) is 18.8 Å². The Morgan fingerprint density at radius 1 is 1.08 bits per heavy atom. The molecule has 2 aromatic carbocycles. The summed E-state index contributed by atoms with van der Waals surface area (Å²) in [5, 5.41) is 11.9. The molecule has 0 radical (unpaired) electrons. The molecule has 1 fully saturated rings. The Morgan fingerprint density at radius 3 is 2.32 bits per heavy atom. The third kappa shape index (κ3) is 7.17. The maximum absolute atomic E-state index is 13.1. The average molecular weight is 567 g/mol. The fraction of sp³-hybridized carbons (Fsp3) is 0.333. The molecule has 0 aliphatic heterocycles. The molecule has 0 amide bonds. The van der Waals surface area contributed by atoms with Gasteiger partial charge in [-0.3, -0.25) is 0 Å². The molecule has 38 heavy (non-hydrogen) atoms. The molecule has 1 aliphatic carbocycles. The molecule has 202 valence electrons. The van der Waals surface area contributed by atoms with Crippen LogP contribution in [0.2, 0.25) is 10.0 Å². The minimum absolute atomic E-state index is 0.0111. The van der Waals surface area contributed by atoms with E-state index in [1.165, 1.54) is 18.2 Å². The number of ether oxygens (including phenoxy) is 3. The lowest BCUT2D eigenvalue weighted by molar-refractivity contribution is -0.605. The Morgan fingerprint density at radius 2 is 1.74 bits per heavy atom. The Bertz CT molecular complexity index is 1260. The van der Waals surface area contributed by atoms with Crippen LogP contribution >= 0.6 is 23.2 Å². The van der Waals surface area contributed by atoms with Crippen LogP contribution in [-0.4, -0.2) is 33.3 Å². The van der Waals surface area contributed by atoms with Gasteiger partial charge in [0.1, 0.15) is 16.1 Å². The SMILES string of the molecule is CN(C)c1ccc(C(=O)OC(Cc2c(Cl)c[n+]([O-])cc2Cl)c2ccc(OC(F)F)c(OCC3CC3)c2)cc1. The van der Waals surface area contributed by atoms with Crippen LogP contribution in [0.1, 0.15) is 40.4 Å². The molecule has 1 unspecified atom stereocenters. The Labute approximate surface area is 229 Å². The number of aromatic nitrogens is 1. The Hall–Kier alpha value is -3.30. The molecule has 1 saturated carbocycles. The van der Waals surface area contributed by atoms with E-state index in [0.717, 1.165) is 30.9 Å². The number of halogens is 4. The van der Waals surface area contributed by atoms with Gasteiger partial charge >= 0.3 is 12.6 Å². The van der Waals surface area contributed by atoms with Crippen molar-refractivity contribution in [2.45, 2.75) is 32.0 Å². The summed E-state index contributed by atoms with van der Waals surface area (Å²) in [4.78, 5) is 15.0. The van der Waals surface area contributed by atoms with Gasteiger partial charge < -0.3 is 24.3 Å². The van der Waals surface area contributed by atoms with E-state index in [4.69, 9.17) is 32.7 Å². The van der Waals surface area contributed by atoms with Crippen molar-refractivity contribution in [3.63, 3.8) is 0 Å². The molecule has 0 N–H and O–H groups in total. The van der Waals surface area contributed by atoms with E-state index in [1.807, 2.05) is 19.0 Å². The van der Waals surface area contributed by atoms with E-state index >= 15 is 0 Å². The minimum Gasteiger partial charge on any atom is -0.619 e. The summed E-state index contributed by atoms with van der Waals surface area (Å²) in [6.07, 6.45) is 3.36. The first-order chi connectivity index (χ1) is 18.1. The van der Waals surface area contributed by atoms with E-state index in [-0.39, 0.29) is 28.0 Å². The molecular weight excluding hydrogens is 541 g/mol. The maximum atomic E-state index is 13.1. The predicted octanol–water partition coefficient (Wildman–Crippen LogP) is 6.22. The average Bonchev–Trinajstić information content (AvgIpc) is 3.69. The number of esters is 1. The van der Waals surface area contributed by atoms with Crippen molar-refractivity contribution in [2.24, 2.45) is 5.92 Å². The summed E-state index contributed by atoms with van der Waals surface area (Å²) >= 11 is 12.6. The number of carbonyl (C=O) groups excluding carboxylic acids is 1. The van der Waals surface area contributed by atoms with E-state index < -0.39 is 18.7 Å². The molecule has 1 heterocycles. The van der Waals surface area contributed by atoms with Crippen LogP contribution in [0.5, 0.6) is 11.5 Å². The highest BCUT2D eigenvalue weighted by Gasteiger charge is 2.26. The largest absolute Gasteiger partial charge is 0.619 e. The second-order valence-electron chi connectivity index (χ2n) is 9.17. The second-order valence-corrected chi connectivity index (χ2v) is 9.99. The molecule has 11 heteroatoms. The minimum atomic E-state index is -3.04. The number of benzene rings is 2. The zero-order valence-electron chi connectivity index (χ0n) is 20.7. The molecule has 1 aromatic heterocycles. The molecule has 0 spiro atoms. The fourth-order valence-electron chi connectivity index (χ4n) is 3.75. The summed E-state index contributed by atoms with van der Waals surface area (Å²) in [5.74, 6) is -0.279. The number of pyridine rings is 1. The van der Waals surface area contributed by atoms with Gasteiger partial charge in [0.2, 0.25) is 0 Å². The summed E-state index contributed by atoms with van der Waals surface area (Å²) in [7, 11) is 3.76. The van der Waals surface area contributed by atoms with Gasteiger partial charge in [0.05, 0.1) is 12.2 Å². The van der Waals surface area contributed by atoms with Gasteiger partial charge in [-0.05, 0) is 60.7 Å². The Balaban J connectivity index is 1.68. The van der Waals surface area contributed by atoms with Gasteiger partial charge in [0, 0.05) is 31.8 Å². The first-order valence-corrected chi connectivity index (χ1v) is 12.6. The standard InChI is InChI=1S/C27H26Cl2F2N2O5/c1-32(2)19-8-5-17(6-9-19)26(34)37-24(12-20-21(28)13-33(35)14-22(20)29)18-7-10-23(38-27(30)31)25(11-18)36-15-16-3-4-16/h5-11,13-14,16,24,27H,3-4,12,15H2,1-2H3. The van der Waals surface area contributed by atoms with Crippen molar-refractivity contribution in [1.29, 1.82) is 0 Å². The number of carbonyl (C=O) groups is 1. The zero-order valence-corrected chi connectivity index (χ0v) is 22.2. The van der Waals surface area contributed by atoms with Gasteiger partial charge in [-0.1, -0.05) is 29.3 Å². The lowest BCUT2D eigenvalue weighted by Crippen LogP contribution is -2.25. The number of hydrogen-bond acceptors (Lipinski definition) is 6. The molecule has 1 atom stereocenters. The highest BCUT2D eigenvalue weighted by atomic mass is 35.5. The van der Waals surface area contributed by atoms with Gasteiger partial charge in [-0.2, -0.15) is 13.5 Å².